The number of fused-ring (bicyclic) bond motifs is 1. The van der Waals surface area contributed by atoms with Crippen LogP contribution in [0.2, 0.25) is 0 Å². The van der Waals surface area contributed by atoms with Crippen molar-refractivity contribution in [2.75, 3.05) is 19.7 Å². The Hall–Kier alpha value is -0.210. The zero-order valence-corrected chi connectivity index (χ0v) is 12.6. The van der Waals surface area contributed by atoms with Crippen molar-refractivity contribution in [2.45, 2.75) is 56.7 Å². The van der Waals surface area contributed by atoms with Gasteiger partial charge in [-0.05, 0) is 25.7 Å². The lowest BCUT2D eigenvalue weighted by Gasteiger charge is -2.52. The highest BCUT2D eigenvalue weighted by atomic mass is 32.2. The van der Waals surface area contributed by atoms with Crippen molar-refractivity contribution in [3.63, 3.8) is 0 Å². The summed E-state index contributed by atoms with van der Waals surface area (Å²) in [6.45, 7) is 1.95. The molecule has 3 fully saturated rings. The Kier molecular flexibility index (Phi) is 4.33. The Morgan fingerprint density at radius 2 is 1.80 bits per heavy atom. The van der Waals surface area contributed by atoms with Gasteiger partial charge in [0.05, 0.1) is 12.1 Å². The van der Waals surface area contributed by atoms with Gasteiger partial charge in [-0.2, -0.15) is 17.4 Å². The van der Waals surface area contributed by atoms with Crippen LogP contribution in [-0.4, -0.2) is 50.6 Å². The van der Waals surface area contributed by atoms with Gasteiger partial charge >= 0.3 is 0 Å². The van der Waals surface area contributed by atoms with Crippen LogP contribution in [0.15, 0.2) is 0 Å². The van der Waals surface area contributed by atoms with Gasteiger partial charge in [-0.3, -0.25) is 0 Å². The number of nitrogens with zero attached hydrogens (tertiary/aromatic N) is 1. The maximum Gasteiger partial charge on any atom is 0.279 e. The smallest absolute Gasteiger partial charge is 0.279 e. The van der Waals surface area contributed by atoms with E-state index in [4.69, 9.17) is 10.5 Å². The molecule has 0 bridgehead atoms. The topological polar surface area (TPSA) is 84.7 Å². The first-order valence-electron chi connectivity index (χ1n) is 7.74. The molecule has 20 heavy (non-hydrogen) atoms. The summed E-state index contributed by atoms with van der Waals surface area (Å²) in [5.41, 5.74) is 6.12. The minimum atomic E-state index is -3.43. The Morgan fingerprint density at radius 1 is 1.10 bits per heavy atom. The molecule has 3 N–H and O–H groups in total. The molecule has 1 aliphatic carbocycles. The van der Waals surface area contributed by atoms with Crippen LogP contribution in [0.1, 0.15) is 38.5 Å². The molecule has 3 aliphatic rings. The number of nitrogens with one attached hydrogen (secondary N) is 1. The van der Waals surface area contributed by atoms with E-state index in [9.17, 15) is 8.42 Å². The van der Waals surface area contributed by atoms with Crippen LogP contribution in [0.25, 0.3) is 0 Å². The standard InChI is InChI=1S/C13H25N3O3S/c14-11-10-6-5-9-19-13(10)12(11)15-20(17,18)16-7-3-1-2-4-8-16/h10-13,15H,1-9,14H2. The molecule has 2 heterocycles. The van der Waals surface area contributed by atoms with Crippen molar-refractivity contribution in [1.29, 1.82) is 0 Å². The fourth-order valence-corrected chi connectivity index (χ4v) is 5.14. The van der Waals surface area contributed by atoms with E-state index in [1.807, 2.05) is 0 Å². The molecule has 0 amide bonds. The monoisotopic (exact) mass is 303 g/mol. The minimum absolute atomic E-state index is 0.0273. The molecule has 0 spiro atoms. The molecule has 0 aromatic rings. The predicted octanol–water partition coefficient (Wildman–Crippen LogP) is 0.202. The van der Waals surface area contributed by atoms with Crippen LogP contribution in [0.5, 0.6) is 0 Å². The summed E-state index contributed by atoms with van der Waals surface area (Å²) >= 11 is 0. The van der Waals surface area contributed by atoms with Crippen molar-refractivity contribution in [2.24, 2.45) is 11.7 Å². The number of nitrogens with two attached hydrogens (primary N) is 1. The molecule has 0 aromatic heterocycles. The summed E-state index contributed by atoms with van der Waals surface area (Å²) < 4.78 is 35.0. The summed E-state index contributed by atoms with van der Waals surface area (Å²) in [6.07, 6.45) is 6.17. The lowest BCUT2D eigenvalue weighted by molar-refractivity contribution is -0.114. The predicted molar refractivity (Wildman–Crippen MR) is 76.3 cm³/mol. The Bertz CT molecular complexity index is 434. The molecular weight excluding hydrogens is 278 g/mol. The average Bonchev–Trinajstić information content (AvgIpc) is 2.74. The molecule has 7 heteroatoms. The average molecular weight is 303 g/mol. The minimum Gasteiger partial charge on any atom is -0.376 e. The largest absolute Gasteiger partial charge is 0.376 e. The van der Waals surface area contributed by atoms with Crippen LogP contribution in [-0.2, 0) is 14.9 Å². The first kappa shape index (κ1) is 14.7. The van der Waals surface area contributed by atoms with Crippen molar-refractivity contribution < 1.29 is 13.2 Å². The van der Waals surface area contributed by atoms with Gasteiger partial charge in [-0.25, -0.2) is 0 Å². The molecule has 2 aliphatic heterocycles. The highest BCUT2D eigenvalue weighted by molar-refractivity contribution is 7.87. The Balaban J connectivity index is 1.64. The second-order valence-corrected chi connectivity index (χ2v) is 7.88. The summed E-state index contributed by atoms with van der Waals surface area (Å²) in [4.78, 5) is 0. The first-order valence-corrected chi connectivity index (χ1v) is 9.18. The third kappa shape index (κ3) is 2.74. The third-order valence-electron chi connectivity index (χ3n) is 4.87. The van der Waals surface area contributed by atoms with Gasteiger partial charge in [-0.15, -0.1) is 0 Å². The zero-order chi connectivity index (χ0) is 14.2. The molecule has 6 nitrogen and oxygen atoms in total. The quantitative estimate of drug-likeness (QED) is 0.780. The van der Waals surface area contributed by atoms with Crippen molar-refractivity contribution >= 4 is 10.2 Å². The maximum atomic E-state index is 12.5. The second-order valence-electron chi connectivity index (χ2n) is 6.18. The van der Waals surface area contributed by atoms with Gasteiger partial charge in [-0.1, -0.05) is 12.8 Å². The van der Waals surface area contributed by atoms with Crippen LogP contribution in [0, 0.1) is 5.92 Å². The van der Waals surface area contributed by atoms with Gasteiger partial charge < -0.3 is 10.5 Å². The normalized spacial score (nSPS) is 39.6. The fourth-order valence-electron chi connectivity index (χ4n) is 3.62. The SMILES string of the molecule is NC1C2CCCOC2C1NS(=O)(=O)N1CCCCCC1. The Labute approximate surface area is 121 Å². The first-order chi connectivity index (χ1) is 9.59. The zero-order valence-electron chi connectivity index (χ0n) is 11.8. The molecule has 3 rings (SSSR count). The van der Waals surface area contributed by atoms with Gasteiger partial charge in [0.1, 0.15) is 0 Å². The maximum absolute atomic E-state index is 12.5. The van der Waals surface area contributed by atoms with Gasteiger partial charge in [0.2, 0.25) is 0 Å². The lowest BCUT2D eigenvalue weighted by Crippen LogP contribution is -2.72. The number of ether oxygens (including phenoxy) is 1. The summed E-state index contributed by atoms with van der Waals surface area (Å²) in [6, 6.07) is -0.365. The van der Waals surface area contributed by atoms with Gasteiger partial charge in [0, 0.05) is 31.7 Å². The van der Waals surface area contributed by atoms with Gasteiger partial charge in [0.25, 0.3) is 10.2 Å². The Morgan fingerprint density at radius 3 is 2.50 bits per heavy atom. The third-order valence-corrected chi connectivity index (χ3v) is 6.48. The van der Waals surface area contributed by atoms with Crippen molar-refractivity contribution in [3.05, 3.63) is 0 Å². The van der Waals surface area contributed by atoms with E-state index in [1.165, 1.54) is 0 Å². The molecule has 0 radical (unpaired) electrons. The van der Waals surface area contributed by atoms with E-state index in [0.29, 0.717) is 19.0 Å². The lowest BCUT2D eigenvalue weighted by atomic mass is 9.69. The summed E-state index contributed by atoms with van der Waals surface area (Å²) in [5.74, 6) is 0.320. The fraction of sp³-hybridized carbons (Fsp3) is 1.00. The number of rotatable bonds is 3. The van der Waals surface area contributed by atoms with Crippen LogP contribution in [0.4, 0.5) is 0 Å². The molecule has 116 valence electrons. The summed E-state index contributed by atoms with van der Waals surface area (Å²) in [7, 11) is -3.43. The molecule has 4 unspecified atom stereocenters. The van der Waals surface area contributed by atoms with E-state index in [-0.39, 0.29) is 18.2 Å². The van der Waals surface area contributed by atoms with E-state index in [2.05, 4.69) is 4.72 Å². The van der Waals surface area contributed by atoms with E-state index >= 15 is 0 Å². The van der Waals surface area contributed by atoms with E-state index in [0.717, 1.165) is 45.1 Å². The van der Waals surface area contributed by atoms with Gasteiger partial charge in [0.15, 0.2) is 0 Å². The van der Waals surface area contributed by atoms with Crippen LogP contribution in [0.3, 0.4) is 0 Å². The number of hydrogen-bond acceptors (Lipinski definition) is 4. The number of hydrogen-bond donors (Lipinski definition) is 2. The van der Waals surface area contributed by atoms with Crippen molar-refractivity contribution in [1.82, 2.24) is 9.03 Å². The molecule has 1 saturated carbocycles. The summed E-state index contributed by atoms with van der Waals surface area (Å²) in [5, 5.41) is 0. The molecular formula is C13H25N3O3S. The van der Waals surface area contributed by atoms with E-state index in [1.54, 1.807) is 4.31 Å². The highest BCUT2D eigenvalue weighted by Gasteiger charge is 2.52. The van der Waals surface area contributed by atoms with E-state index < -0.39 is 10.2 Å². The molecule has 0 aromatic carbocycles. The van der Waals surface area contributed by atoms with Crippen LogP contribution < -0.4 is 10.5 Å². The van der Waals surface area contributed by atoms with Crippen molar-refractivity contribution in [3.8, 4) is 0 Å². The molecule has 2 saturated heterocycles. The molecule has 4 atom stereocenters. The second kappa shape index (κ2) is 5.88. The van der Waals surface area contributed by atoms with Crippen LogP contribution >= 0.6 is 0 Å². The highest BCUT2D eigenvalue weighted by Crippen LogP contribution is 2.37.